The van der Waals surface area contributed by atoms with Gasteiger partial charge in [0.15, 0.2) is 0 Å². The number of amides is 2. The minimum Gasteiger partial charge on any atom is -0.351 e. The number of hydrogen-bond donors (Lipinski definition) is 2. The first-order valence-electron chi connectivity index (χ1n) is 10.9. The molecule has 1 heterocycles. The molecule has 0 radical (unpaired) electrons. The van der Waals surface area contributed by atoms with Crippen LogP contribution in [0.25, 0.3) is 0 Å². The third-order valence-electron chi connectivity index (χ3n) is 8.49. The zero-order valence-corrected chi connectivity index (χ0v) is 18.6. The lowest BCUT2D eigenvalue weighted by Gasteiger charge is -2.60. The highest BCUT2D eigenvalue weighted by Crippen LogP contribution is 2.65. The molecule has 0 aromatic rings. The molecular weight excluding hydrogens is 372 g/mol. The summed E-state index contributed by atoms with van der Waals surface area (Å²) in [5, 5.41) is 6.46. The van der Waals surface area contributed by atoms with Gasteiger partial charge in [0.1, 0.15) is 0 Å². The number of nitrogens with one attached hydrogen (secondary N) is 2. The predicted molar refractivity (Wildman–Crippen MR) is 112 cm³/mol. The van der Waals surface area contributed by atoms with Crippen LogP contribution in [0.1, 0.15) is 66.7 Å². The Kier molecular flexibility index (Phi) is 4.69. The first-order chi connectivity index (χ1) is 13.0. The zero-order chi connectivity index (χ0) is 20.5. The van der Waals surface area contributed by atoms with Gasteiger partial charge in [0.25, 0.3) is 0 Å². The van der Waals surface area contributed by atoms with Crippen LogP contribution in [0.15, 0.2) is 12.2 Å². The van der Waals surface area contributed by atoms with Crippen molar-refractivity contribution in [3.63, 3.8) is 0 Å². The maximum absolute atomic E-state index is 13.1. The Bertz CT molecular complexity index is 714. The molecule has 8 atom stereocenters. The van der Waals surface area contributed by atoms with E-state index in [9.17, 15) is 9.59 Å². The van der Waals surface area contributed by atoms with Crippen LogP contribution in [0, 0.1) is 34.5 Å². The van der Waals surface area contributed by atoms with E-state index >= 15 is 0 Å². The zero-order valence-electron chi connectivity index (χ0n) is 17.8. The Morgan fingerprint density at radius 3 is 2.61 bits per heavy atom. The fourth-order valence-corrected chi connectivity index (χ4v) is 7.67. The second-order valence-electron chi connectivity index (χ2n) is 11.2. The van der Waals surface area contributed by atoms with Gasteiger partial charge >= 0.3 is 0 Å². The topological polar surface area (TPSA) is 58.2 Å². The summed E-state index contributed by atoms with van der Waals surface area (Å²) < 4.78 is 0. The average Bonchev–Trinajstić information content (AvgIpc) is 2.92. The van der Waals surface area contributed by atoms with Crippen LogP contribution in [0.5, 0.6) is 0 Å². The Labute approximate surface area is 174 Å². The lowest BCUT2D eigenvalue weighted by molar-refractivity contribution is -0.135. The smallest absolute Gasteiger partial charge is 0.243 e. The van der Waals surface area contributed by atoms with Crippen molar-refractivity contribution in [3.8, 4) is 0 Å². The molecule has 2 N–H and O–H groups in total. The fourth-order valence-electron chi connectivity index (χ4n) is 7.14. The van der Waals surface area contributed by atoms with E-state index in [1.54, 1.807) is 6.08 Å². The molecule has 0 bridgehead atoms. The molecule has 3 aliphatic carbocycles. The van der Waals surface area contributed by atoms with Gasteiger partial charge in [-0.05, 0) is 82.1 Å². The Morgan fingerprint density at radius 1 is 1.21 bits per heavy atom. The van der Waals surface area contributed by atoms with Crippen molar-refractivity contribution in [1.29, 1.82) is 0 Å². The molecule has 2 amide bonds. The molecule has 1 aliphatic heterocycles. The number of carbonyl (C=O) groups is 2. The summed E-state index contributed by atoms with van der Waals surface area (Å²) in [6, 6.07) is 0.125. The first kappa shape index (κ1) is 20.3. The summed E-state index contributed by atoms with van der Waals surface area (Å²) >= 11 is 7.01. The summed E-state index contributed by atoms with van der Waals surface area (Å²) in [6.45, 7) is 10.8. The molecule has 3 fully saturated rings. The van der Waals surface area contributed by atoms with Crippen molar-refractivity contribution in [3.05, 3.63) is 12.2 Å². The van der Waals surface area contributed by atoms with Crippen molar-refractivity contribution < 1.29 is 9.59 Å². The minimum absolute atomic E-state index is 0.00483. The number of halogens is 1. The van der Waals surface area contributed by atoms with Crippen molar-refractivity contribution in [1.82, 2.24) is 10.6 Å². The van der Waals surface area contributed by atoms with E-state index in [0.29, 0.717) is 17.8 Å². The average molecular weight is 407 g/mol. The van der Waals surface area contributed by atoms with E-state index in [4.69, 9.17) is 11.6 Å². The quantitative estimate of drug-likeness (QED) is 0.646. The second kappa shape index (κ2) is 6.48. The Hall–Kier alpha value is -1.03. The summed E-state index contributed by atoms with van der Waals surface area (Å²) in [6.07, 6.45) is 8.87. The molecule has 4 aliphatic rings. The molecule has 0 saturated heterocycles. The van der Waals surface area contributed by atoms with E-state index in [1.165, 1.54) is 0 Å². The van der Waals surface area contributed by atoms with Crippen LogP contribution in [0.2, 0.25) is 0 Å². The van der Waals surface area contributed by atoms with Crippen LogP contribution in [0.4, 0.5) is 0 Å². The molecule has 0 unspecified atom stereocenters. The van der Waals surface area contributed by atoms with Gasteiger partial charge in [0.05, 0.1) is 0 Å². The summed E-state index contributed by atoms with van der Waals surface area (Å²) in [7, 11) is 0. The Balaban J connectivity index is 1.62. The van der Waals surface area contributed by atoms with E-state index in [1.807, 2.05) is 0 Å². The molecule has 4 nitrogen and oxygen atoms in total. The fraction of sp³-hybridized carbons (Fsp3) is 0.826. The maximum Gasteiger partial charge on any atom is 0.243 e. The largest absolute Gasteiger partial charge is 0.351 e. The van der Waals surface area contributed by atoms with Gasteiger partial charge in [0.2, 0.25) is 11.8 Å². The van der Waals surface area contributed by atoms with Crippen LogP contribution < -0.4 is 10.6 Å². The molecule has 5 heteroatoms. The molecule has 156 valence electrons. The lowest BCUT2D eigenvalue weighted by Crippen LogP contribution is -2.62. The number of hydrogen-bond acceptors (Lipinski definition) is 2. The van der Waals surface area contributed by atoms with Gasteiger partial charge in [0, 0.05) is 28.3 Å². The lowest BCUT2D eigenvalue weighted by atomic mass is 9.47. The van der Waals surface area contributed by atoms with E-state index in [-0.39, 0.29) is 45.5 Å². The molecule has 0 aromatic carbocycles. The molecule has 0 aromatic heterocycles. The normalized spacial score (nSPS) is 47.6. The van der Waals surface area contributed by atoms with Crippen molar-refractivity contribution in [2.45, 2.75) is 83.7 Å². The predicted octanol–water partition coefficient (Wildman–Crippen LogP) is 4.03. The first-order valence-corrected chi connectivity index (χ1v) is 11.4. The molecular formula is C23H35ClN2O2. The summed E-state index contributed by atoms with van der Waals surface area (Å²) in [5.41, 5.74) is -0.208. The minimum atomic E-state index is -0.200. The maximum atomic E-state index is 13.1. The van der Waals surface area contributed by atoms with Crippen LogP contribution in [0.3, 0.4) is 0 Å². The highest BCUT2D eigenvalue weighted by molar-refractivity contribution is 6.21. The Morgan fingerprint density at radius 2 is 1.93 bits per heavy atom. The third kappa shape index (κ3) is 3.02. The summed E-state index contributed by atoms with van der Waals surface area (Å²) in [5.74, 6) is 1.65. The van der Waals surface area contributed by atoms with Crippen LogP contribution in [-0.2, 0) is 9.59 Å². The van der Waals surface area contributed by atoms with Gasteiger partial charge < -0.3 is 10.6 Å². The SMILES string of the molecule is CC(C)(C)NC(=O)[C@H]1CC[C@H]2[C@@H]3[C@H](Cl)C[C@H]4NC(=O)C=C[C@]4(C)[C@H]3CC[C@]12C. The third-order valence-corrected chi connectivity index (χ3v) is 8.96. The van der Waals surface area contributed by atoms with E-state index < -0.39 is 0 Å². The van der Waals surface area contributed by atoms with Gasteiger partial charge in [-0.15, -0.1) is 11.6 Å². The van der Waals surface area contributed by atoms with E-state index in [0.717, 1.165) is 32.1 Å². The van der Waals surface area contributed by atoms with Crippen molar-refractivity contribution >= 4 is 23.4 Å². The van der Waals surface area contributed by atoms with Gasteiger partial charge in [-0.2, -0.15) is 0 Å². The highest BCUT2D eigenvalue weighted by atomic mass is 35.5. The van der Waals surface area contributed by atoms with E-state index in [2.05, 4.69) is 51.3 Å². The van der Waals surface area contributed by atoms with Crippen LogP contribution >= 0.6 is 11.6 Å². The number of carbonyl (C=O) groups excluding carboxylic acids is 2. The van der Waals surface area contributed by atoms with Crippen molar-refractivity contribution in [2.75, 3.05) is 0 Å². The number of fused-ring (bicyclic) bond motifs is 5. The molecule has 28 heavy (non-hydrogen) atoms. The number of alkyl halides is 1. The van der Waals surface area contributed by atoms with Crippen molar-refractivity contribution in [2.24, 2.45) is 34.5 Å². The van der Waals surface area contributed by atoms with Gasteiger partial charge in [-0.25, -0.2) is 0 Å². The van der Waals surface area contributed by atoms with Gasteiger partial charge in [-0.3, -0.25) is 9.59 Å². The van der Waals surface area contributed by atoms with Gasteiger partial charge in [-0.1, -0.05) is 19.9 Å². The van der Waals surface area contributed by atoms with Crippen LogP contribution in [-0.4, -0.2) is 28.8 Å². The summed E-state index contributed by atoms with van der Waals surface area (Å²) in [4.78, 5) is 25.0. The molecule has 3 saturated carbocycles. The molecule has 4 rings (SSSR count). The monoisotopic (exact) mass is 406 g/mol. The second-order valence-corrected chi connectivity index (χ2v) is 11.8. The number of rotatable bonds is 1. The standard InChI is InChI=1S/C23H35ClN2O2/c1-21(2,3)26-20(28)15-7-6-13-19-14(8-10-22(13,15)4)23(5)11-9-18(27)25-17(23)12-16(19)24/h9,11,13-17,19H,6-8,10,12H2,1-5H3,(H,25,27)(H,26,28)/t13-,14-,15+,16+,17+,19-,22-,23+/m0/s1. The molecule has 0 spiro atoms. The highest BCUT2D eigenvalue weighted by Gasteiger charge is 2.63.